The molecule has 1 amide bonds. The summed E-state index contributed by atoms with van der Waals surface area (Å²) in [6, 6.07) is 0.757. The zero-order valence-electron chi connectivity index (χ0n) is 16.9. The van der Waals surface area contributed by atoms with E-state index in [9.17, 15) is 4.79 Å². The Morgan fingerprint density at radius 3 is 2.38 bits per heavy atom. The minimum atomic E-state index is 0. The Morgan fingerprint density at radius 1 is 1.08 bits per heavy atom. The van der Waals surface area contributed by atoms with Gasteiger partial charge in [0.1, 0.15) is 0 Å². The lowest BCUT2D eigenvalue weighted by atomic mass is 10.0. The van der Waals surface area contributed by atoms with Crippen LogP contribution in [0.3, 0.4) is 0 Å². The fourth-order valence-corrected chi connectivity index (χ4v) is 3.76. The molecular weight excluding hydrogens is 441 g/mol. The minimum absolute atomic E-state index is 0. The zero-order chi connectivity index (χ0) is 18.1. The zero-order valence-corrected chi connectivity index (χ0v) is 19.2. The topological polar surface area (TPSA) is 51.2 Å². The predicted octanol–water partition coefficient (Wildman–Crippen LogP) is 2.39. The van der Waals surface area contributed by atoms with Crippen LogP contribution < -0.4 is 5.32 Å². The largest absolute Gasteiger partial charge is 0.357 e. The van der Waals surface area contributed by atoms with Crippen molar-refractivity contribution in [2.45, 2.75) is 58.9 Å². The van der Waals surface area contributed by atoms with Crippen LogP contribution in [0.4, 0.5) is 0 Å². The van der Waals surface area contributed by atoms with Crippen LogP contribution in [0.25, 0.3) is 0 Å². The number of piperazine rings is 1. The lowest BCUT2D eigenvalue weighted by Gasteiger charge is -2.36. The number of unbranched alkanes of at least 4 members (excludes halogenated alkanes) is 1. The molecule has 0 radical (unpaired) electrons. The molecule has 152 valence electrons. The Labute approximate surface area is 176 Å². The molecule has 2 saturated heterocycles. The molecule has 2 rings (SSSR count). The van der Waals surface area contributed by atoms with Gasteiger partial charge in [0.25, 0.3) is 0 Å². The summed E-state index contributed by atoms with van der Waals surface area (Å²) in [6.45, 7) is 13.7. The van der Waals surface area contributed by atoms with Crippen molar-refractivity contribution in [3.05, 3.63) is 0 Å². The molecule has 2 aliphatic heterocycles. The summed E-state index contributed by atoms with van der Waals surface area (Å²) < 4.78 is 0. The fourth-order valence-electron chi connectivity index (χ4n) is 3.76. The molecule has 0 aromatic heterocycles. The maximum Gasteiger partial charge on any atom is 0.219 e. The van der Waals surface area contributed by atoms with Crippen LogP contribution in [-0.2, 0) is 4.79 Å². The van der Waals surface area contributed by atoms with Gasteiger partial charge in [0.15, 0.2) is 5.96 Å². The van der Waals surface area contributed by atoms with Crippen LogP contribution in [0.5, 0.6) is 0 Å². The molecule has 1 atom stereocenters. The standard InChI is InChI=1S/C19H37N5O.HI/c1-4-20-19(24-15-13-23(14-16-24)18(3)25)21-10-6-8-12-22-11-7-5-9-17(22)2;/h17H,4-16H2,1-3H3,(H,20,21);1H. The van der Waals surface area contributed by atoms with Crippen molar-refractivity contribution in [3.8, 4) is 0 Å². The second kappa shape index (κ2) is 12.8. The highest BCUT2D eigenvalue weighted by Crippen LogP contribution is 2.16. The highest BCUT2D eigenvalue weighted by Gasteiger charge is 2.21. The average molecular weight is 479 g/mol. The first-order valence-electron chi connectivity index (χ1n) is 10.1. The molecular formula is C19H38IN5O. The van der Waals surface area contributed by atoms with Crippen molar-refractivity contribution in [1.82, 2.24) is 20.0 Å². The number of nitrogens with one attached hydrogen (secondary N) is 1. The molecule has 0 spiro atoms. The van der Waals surface area contributed by atoms with Gasteiger partial charge in [-0.05, 0) is 52.6 Å². The van der Waals surface area contributed by atoms with Crippen molar-refractivity contribution >= 4 is 35.8 Å². The number of piperidine rings is 1. The number of nitrogens with zero attached hydrogens (tertiary/aromatic N) is 4. The van der Waals surface area contributed by atoms with Gasteiger partial charge >= 0.3 is 0 Å². The Kier molecular flexibility index (Phi) is 11.5. The number of amides is 1. The number of rotatable bonds is 6. The molecule has 1 unspecified atom stereocenters. The molecule has 0 bridgehead atoms. The van der Waals surface area contributed by atoms with E-state index in [0.717, 1.165) is 57.7 Å². The third-order valence-electron chi connectivity index (χ3n) is 5.42. The second-order valence-corrected chi connectivity index (χ2v) is 7.32. The van der Waals surface area contributed by atoms with Crippen LogP contribution in [0, 0.1) is 0 Å². The van der Waals surface area contributed by atoms with Gasteiger partial charge in [-0.1, -0.05) is 6.42 Å². The first-order chi connectivity index (χ1) is 12.1. The van der Waals surface area contributed by atoms with E-state index in [2.05, 4.69) is 29.0 Å². The molecule has 0 saturated carbocycles. The van der Waals surface area contributed by atoms with Crippen LogP contribution >= 0.6 is 24.0 Å². The Bertz CT molecular complexity index is 438. The van der Waals surface area contributed by atoms with E-state index < -0.39 is 0 Å². The van der Waals surface area contributed by atoms with E-state index in [1.165, 1.54) is 38.8 Å². The molecule has 0 aliphatic carbocycles. The van der Waals surface area contributed by atoms with E-state index in [1.807, 2.05) is 4.90 Å². The van der Waals surface area contributed by atoms with Crippen molar-refractivity contribution < 1.29 is 4.79 Å². The molecule has 0 aromatic rings. The fraction of sp³-hybridized carbons (Fsp3) is 0.895. The van der Waals surface area contributed by atoms with Crippen molar-refractivity contribution in [2.24, 2.45) is 4.99 Å². The maximum absolute atomic E-state index is 11.5. The molecule has 26 heavy (non-hydrogen) atoms. The molecule has 1 N–H and O–H groups in total. The van der Waals surface area contributed by atoms with Crippen LogP contribution in [-0.4, -0.2) is 85.0 Å². The number of halogens is 1. The number of carbonyl (C=O) groups is 1. The first kappa shape index (κ1) is 23.5. The Hall–Kier alpha value is -0.570. The second-order valence-electron chi connectivity index (χ2n) is 7.32. The summed E-state index contributed by atoms with van der Waals surface area (Å²) >= 11 is 0. The van der Waals surface area contributed by atoms with Crippen LogP contribution in [0.2, 0.25) is 0 Å². The third kappa shape index (κ3) is 7.58. The summed E-state index contributed by atoms with van der Waals surface area (Å²) in [7, 11) is 0. The first-order valence-corrected chi connectivity index (χ1v) is 10.1. The average Bonchev–Trinajstić information content (AvgIpc) is 2.62. The number of carbonyl (C=O) groups excluding carboxylic acids is 1. The lowest BCUT2D eigenvalue weighted by molar-refractivity contribution is -0.130. The number of likely N-dealkylation sites (tertiary alicyclic amines) is 1. The molecule has 2 fully saturated rings. The molecule has 2 heterocycles. The van der Waals surface area contributed by atoms with Crippen molar-refractivity contribution in [2.75, 3.05) is 52.4 Å². The highest BCUT2D eigenvalue weighted by atomic mass is 127. The van der Waals surface area contributed by atoms with Gasteiger partial charge in [0.05, 0.1) is 0 Å². The van der Waals surface area contributed by atoms with Crippen LogP contribution in [0.1, 0.15) is 52.9 Å². The number of aliphatic imine (C=N–C) groups is 1. The van der Waals surface area contributed by atoms with Crippen LogP contribution in [0.15, 0.2) is 4.99 Å². The summed E-state index contributed by atoms with van der Waals surface area (Å²) in [5.74, 6) is 1.19. The van der Waals surface area contributed by atoms with Gasteiger partial charge in [-0.2, -0.15) is 0 Å². The number of hydrogen-bond acceptors (Lipinski definition) is 3. The summed E-state index contributed by atoms with van der Waals surface area (Å²) in [4.78, 5) is 23.1. The quantitative estimate of drug-likeness (QED) is 0.275. The molecule has 7 heteroatoms. The monoisotopic (exact) mass is 479 g/mol. The van der Waals surface area contributed by atoms with E-state index >= 15 is 0 Å². The van der Waals surface area contributed by atoms with E-state index in [1.54, 1.807) is 6.92 Å². The normalized spacial score (nSPS) is 22.1. The van der Waals surface area contributed by atoms with Gasteiger partial charge < -0.3 is 20.0 Å². The number of hydrogen-bond donors (Lipinski definition) is 1. The lowest BCUT2D eigenvalue weighted by Crippen LogP contribution is -2.53. The molecule has 6 nitrogen and oxygen atoms in total. The summed E-state index contributed by atoms with van der Waals surface area (Å²) in [6.07, 6.45) is 6.48. The van der Waals surface area contributed by atoms with Crippen molar-refractivity contribution in [1.29, 1.82) is 0 Å². The van der Waals surface area contributed by atoms with Crippen molar-refractivity contribution in [3.63, 3.8) is 0 Å². The molecule has 2 aliphatic rings. The Morgan fingerprint density at radius 2 is 1.77 bits per heavy atom. The predicted molar refractivity (Wildman–Crippen MR) is 119 cm³/mol. The third-order valence-corrected chi connectivity index (χ3v) is 5.42. The van der Waals surface area contributed by atoms with Gasteiger partial charge in [-0.25, -0.2) is 0 Å². The van der Waals surface area contributed by atoms with E-state index in [-0.39, 0.29) is 29.9 Å². The molecule has 0 aromatic carbocycles. The number of guanidine groups is 1. The SMILES string of the molecule is CCNC(=NCCCCN1CCCCC1C)N1CCN(C(C)=O)CC1.I. The Balaban J connectivity index is 0.00000338. The summed E-state index contributed by atoms with van der Waals surface area (Å²) in [5.41, 5.74) is 0. The van der Waals surface area contributed by atoms with E-state index in [0.29, 0.717) is 0 Å². The van der Waals surface area contributed by atoms with Gasteiger partial charge in [0.2, 0.25) is 5.91 Å². The minimum Gasteiger partial charge on any atom is -0.357 e. The maximum atomic E-state index is 11.5. The van der Waals surface area contributed by atoms with Gasteiger partial charge in [-0.15, -0.1) is 24.0 Å². The van der Waals surface area contributed by atoms with E-state index in [4.69, 9.17) is 4.99 Å². The summed E-state index contributed by atoms with van der Waals surface area (Å²) in [5, 5.41) is 3.41. The smallest absolute Gasteiger partial charge is 0.219 e. The van der Waals surface area contributed by atoms with Gasteiger partial charge in [0, 0.05) is 52.2 Å². The highest BCUT2D eigenvalue weighted by molar-refractivity contribution is 14.0. The van der Waals surface area contributed by atoms with Gasteiger partial charge in [-0.3, -0.25) is 9.79 Å².